The number of carbonyl (C=O) groups excluding carboxylic acids is 1. The van der Waals surface area contributed by atoms with Crippen molar-refractivity contribution in [3.63, 3.8) is 0 Å². The minimum absolute atomic E-state index is 0.104. The molecule has 2 amide bonds. The fourth-order valence-corrected chi connectivity index (χ4v) is 3.02. The molecule has 3 unspecified atom stereocenters. The molecule has 1 saturated carbocycles. The number of carbonyl (C=O) groups is 1. The highest BCUT2D eigenvalue weighted by atomic mass is 35.5. The zero-order valence-electron chi connectivity index (χ0n) is 12.6. The number of nitrogens with zero attached hydrogens (tertiary/aromatic N) is 1. The van der Waals surface area contributed by atoms with Gasteiger partial charge < -0.3 is 15.3 Å². The average molecular weight is 311 g/mol. The van der Waals surface area contributed by atoms with Crippen molar-refractivity contribution in [2.45, 2.75) is 38.3 Å². The number of aliphatic hydroxyl groups excluding tert-OH is 1. The van der Waals surface area contributed by atoms with E-state index < -0.39 is 0 Å². The predicted octanol–water partition coefficient (Wildman–Crippen LogP) is 3.20. The van der Waals surface area contributed by atoms with E-state index in [0.717, 1.165) is 24.8 Å². The standard InChI is InChI=1S/C16H23ClN2O2/c1-11(12-5-3-7-14(17)9-12)18-16(21)19(2)10-13-6-4-8-15(13)20/h3,5,7,9,11,13,15,20H,4,6,8,10H2,1-2H3,(H,18,21). The molecule has 1 fully saturated rings. The monoisotopic (exact) mass is 310 g/mol. The van der Waals surface area contributed by atoms with Crippen molar-refractivity contribution < 1.29 is 9.90 Å². The molecule has 1 aromatic rings. The fourth-order valence-electron chi connectivity index (χ4n) is 2.82. The second kappa shape index (κ2) is 7.14. The predicted molar refractivity (Wildman–Crippen MR) is 84.4 cm³/mol. The van der Waals surface area contributed by atoms with E-state index in [1.54, 1.807) is 11.9 Å². The Bertz CT molecular complexity index is 495. The smallest absolute Gasteiger partial charge is 0.317 e. The van der Waals surface area contributed by atoms with Crippen LogP contribution in [0.25, 0.3) is 0 Å². The van der Waals surface area contributed by atoms with E-state index in [9.17, 15) is 9.90 Å². The number of amides is 2. The van der Waals surface area contributed by atoms with Gasteiger partial charge in [-0.3, -0.25) is 0 Å². The van der Waals surface area contributed by atoms with Crippen molar-refractivity contribution in [3.05, 3.63) is 34.9 Å². The summed E-state index contributed by atoms with van der Waals surface area (Å²) in [6.45, 7) is 2.52. The van der Waals surface area contributed by atoms with Crippen LogP contribution in [0.15, 0.2) is 24.3 Å². The van der Waals surface area contributed by atoms with E-state index in [2.05, 4.69) is 5.32 Å². The number of hydrogen-bond acceptors (Lipinski definition) is 2. The van der Waals surface area contributed by atoms with Crippen LogP contribution in [-0.4, -0.2) is 35.7 Å². The third kappa shape index (κ3) is 4.35. The number of hydrogen-bond donors (Lipinski definition) is 2. The minimum Gasteiger partial charge on any atom is -0.393 e. The third-order valence-corrected chi connectivity index (χ3v) is 4.40. The molecule has 1 aromatic carbocycles. The zero-order valence-corrected chi connectivity index (χ0v) is 13.3. The van der Waals surface area contributed by atoms with Gasteiger partial charge in [-0.05, 0) is 37.5 Å². The van der Waals surface area contributed by atoms with Crippen LogP contribution >= 0.6 is 11.6 Å². The van der Waals surface area contributed by atoms with E-state index in [0.29, 0.717) is 11.6 Å². The molecule has 0 aromatic heterocycles. The van der Waals surface area contributed by atoms with Gasteiger partial charge in [-0.15, -0.1) is 0 Å². The summed E-state index contributed by atoms with van der Waals surface area (Å²) in [6.07, 6.45) is 2.60. The molecule has 0 heterocycles. The van der Waals surface area contributed by atoms with E-state index in [1.165, 1.54) is 0 Å². The lowest BCUT2D eigenvalue weighted by Crippen LogP contribution is -2.42. The van der Waals surface area contributed by atoms with Gasteiger partial charge in [0.05, 0.1) is 12.1 Å². The highest BCUT2D eigenvalue weighted by molar-refractivity contribution is 6.30. The molecule has 0 radical (unpaired) electrons. The molecule has 5 heteroatoms. The van der Waals surface area contributed by atoms with Crippen LogP contribution in [0, 0.1) is 5.92 Å². The van der Waals surface area contributed by atoms with Gasteiger partial charge in [-0.1, -0.05) is 30.2 Å². The zero-order chi connectivity index (χ0) is 15.4. The molecule has 0 spiro atoms. The molecule has 1 aliphatic rings. The van der Waals surface area contributed by atoms with Crippen molar-refractivity contribution >= 4 is 17.6 Å². The van der Waals surface area contributed by atoms with Gasteiger partial charge in [-0.2, -0.15) is 0 Å². The molecule has 4 nitrogen and oxygen atoms in total. The van der Waals surface area contributed by atoms with Crippen LogP contribution in [0.3, 0.4) is 0 Å². The van der Waals surface area contributed by atoms with Crippen molar-refractivity contribution in [3.8, 4) is 0 Å². The first-order valence-electron chi connectivity index (χ1n) is 7.42. The molecule has 2 rings (SSSR count). The highest BCUT2D eigenvalue weighted by Crippen LogP contribution is 2.26. The normalized spacial score (nSPS) is 22.9. The number of rotatable bonds is 4. The Balaban J connectivity index is 1.88. The van der Waals surface area contributed by atoms with Crippen LogP contribution < -0.4 is 5.32 Å². The topological polar surface area (TPSA) is 52.6 Å². The summed E-state index contributed by atoms with van der Waals surface area (Å²) >= 11 is 5.97. The molecule has 0 saturated heterocycles. The molecule has 21 heavy (non-hydrogen) atoms. The number of nitrogens with one attached hydrogen (secondary N) is 1. The first-order valence-corrected chi connectivity index (χ1v) is 7.80. The summed E-state index contributed by atoms with van der Waals surface area (Å²) in [7, 11) is 1.77. The Labute approximate surface area is 131 Å². The van der Waals surface area contributed by atoms with Crippen LogP contribution in [0.1, 0.15) is 37.8 Å². The molecular formula is C16H23ClN2O2. The number of aliphatic hydroxyl groups is 1. The molecule has 2 N–H and O–H groups in total. The summed E-state index contributed by atoms with van der Waals surface area (Å²) in [4.78, 5) is 13.9. The van der Waals surface area contributed by atoms with Crippen LogP contribution in [0.4, 0.5) is 4.79 Å². The van der Waals surface area contributed by atoms with E-state index in [4.69, 9.17) is 11.6 Å². The highest BCUT2D eigenvalue weighted by Gasteiger charge is 2.27. The van der Waals surface area contributed by atoms with Crippen molar-refractivity contribution in [2.24, 2.45) is 5.92 Å². The van der Waals surface area contributed by atoms with Gasteiger partial charge in [0.1, 0.15) is 0 Å². The van der Waals surface area contributed by atoms with Gasteiger partial charge in [0.25, 0.3) is 0 Å². The van der Waals surface area contributed by atoms with Crippen molar-refractivity contribution in [1.29, 1.82) is 0 Å². The third-order valence-electron chi connectivity index (χ3n) is 4.16. The van der Waals surface area contributed by atoms with Crippen LogP contribution in [0.2, 0.25) is 5.02 Å². The van der Waals surface area contributed by atoms with Crippen molar-refractivity contribution in [2.75, 3.05) is 13.6 Å². The lowest BCUT2D eigenvalue weighted by atomic mass is 10.1. The molecular weight excluding hydrogens is 288 g/mol. The Kier molecular flexibility index (Phi) is 5.48. The lowest BCUT2D eigenvalue weighted by molar-refractivity contribution is 0.113. The summed E-state index contributed by atoms with van der Waals surface area (Å²) in [5.41, 5.74) is 0.977. The van der Waals surface area contributed by atoms with E-state index >= 15 is 0 Å². The summed E-state index contributed by atoms with van der Waals surface area (Å²) < 4.78 is 0. The molecule has 116 valence electrons. The molecule has 1 aliphatic carbocycles. The average Bonchev–Trinajstić information content (AvgIpc) is 2.84. The van der Waals surface area contributed by atoms with Gasteiger partial charge in [0.15, 0.2) is 0 Å². The second-order valence-corrected chi connectivity index (χ2v) is 6.30. The maximum atomic E-state index is 12.2. The van der Waals surface area contributed by atoms with Gasteiger partial charge in [-0.25, -0.2) is 4.79 Å². The molecule has 3 atom stereocenters. The number of benzene rings is 1. The largest absolute Gasteiger partial charge is 0.393 e. The Morgan fingerprint density at radius 1 is 1.52 bits per heavy atom. The van der Waals surface area contributed by atoms with Crippen molar-refractivity contribution in [1.82, 2.24) is 10.2 Å². The maximum absolute atomic E-state index is 12.2. The Morgan fingerprint density at radius 3 is 2.90 bits per heavy atom. The number of halogens is 1. The summed E-state index contributed by atoms with van der Waals surface area (Å²) in [6, 6.07) is 7.26. The first kappa shape index (κ1) is 16.1. The van der Waals surface area contributed by atoms with Crippen LogP contribution in [-0.2, 0) is 0 Å². The maximum Gasteiger partial charge on any atom is 0.317 e. The minimum atomic E-state index is -0.273. The quantitative estimate of drug-likeness (QED) is 0.897. The Hall–Kier alpha value is -1.26. The molecule has 0 aliphatic heterocycles. The molecule has 0 bridgehead atoms. The fraction of sp³-hybridized carbons (Fsp3) is 0.562. The first-order chi connectivity index (χ1) is 9.97. The lowest BCUT2D eigenvalue weighted by Gasteiger charge is -2.25. The Morgan fingerprint density at radius 2 is 2.29 bits per heavy atom. The van der Waals surface area contributed by atoms with E-state index in [-0.39, 0.29) is 24.1 Å². The second-order valence-electron chi connectivity index (χ2n) is 5.87. The van der Waals surface area contributed by atoms with Gasteiger partial charge >= 0.3 is 6.03 Å². The van der Waals surface area contributed by atoms with Crippen LogP contribution in [0.5, 0.6) is 0 Å². The van der Waals surface area contributed by atoms with E-state index in [1.807, 2.05) is 31.2 Å². The summed E-state index contributed by atoms with van der Waals surface area (Å²) in [5, 5.41) is 13.5. The number of urea groups is 1. The van der Waals surface area contributed by atoms with Gasteiger partial charge in [0.2, 0.25) is 0 Å². The SMILES string of the molecule is CC(NC(=O)N(C)CC1CCCC1O)c1cccc(Cl)c1. The summed E-state index contributed by atoms with van der Waals surface area (Å²) in [5.74, 6) is 0.197. The van der Waals surface area contributed by atoms with Gasteiger partial charge in [0, 0.05) is 24.5 Å².